The lowest BCUT2D eigenvalue weighted by atomic mass is 10.0. The van der Waals surface area contributed by atoms with Gasteiger partial charge in [-0.3, -0.25) is 0 Å². The van der Waals surface area contributed by atoms with E-state index in [1.807, 2.05) is 37.3 Å². The van der Waals surface area contributed by atoms with E-state index in [0.29, 0.717) is 12.2 Å². The topological polar surface area (TPSA) is 50.9 Å². The summed E-state index contributed by atoms with van der Waals surface area (Å²) in [5.74, 6) is -0.280. The Kier molecular flexibility index (Phi) is 3.98. The van der Waals surface area contributed by atoms with Crippen LogP contribution in [-0.4, -0.2) is 20.1 Å². The molecule has 0 atom stereocenters. The van der Waals surface area contributed by atoms with Crippen molar-refractivity contribution in [3.8, 4) is 11.3 Å². The number of benzene rings is 2. The van der Waals surface area contributed by atoms with Crippen LogP contribution in [0.4, 0.5) is 4.39 Å². The van der Waals surface area contributed by atoms with Crippen LogP contribution in [-0.2, 0) is 13.2 Å². The van der Waals surface area contributed by atoms with Crippen LogP contribution < -0.4 is 0 Å². The van der Waals surface area contributed by atoms with E-state index in [1.165, 1.54) is 12.1 Å². The van der Waals surface area contributed by atoms with E-state index in [-0.39, 0.29) is 12.4 Å². The molecule has 0 saturated carbocycles. The summed E-state index contributed by atoms with van der Waals surface area (Å²) in [4.78, 5) is 0. The SMILES string of the molecule is Cc1ccccc1-c1c(CO)nnn1Cc1cccc(F)c1. The van der Waals surface area contributed by atoms with Crippen molar-refractivity contribution in [2.24, 2.45) is 0 Å². The number of halogens is 1. The molecule has 0 amide bonds. The van der Waals surface area contributed by atoms with Gasteiger partial charge in [-0.1, -0.05) is 41.6 Å². The molecule has 0 aliphatic rings. The van der Waals surface area contributed by atoms with Gasteiger partial charge in [0, 0.05) is 5.56 Å². The molecule has 4 nitrogen and oxygen atoms in total. The molecule has 0 radical (unpaired) electrons. The molecule has 22 heavy (non-hydrogen) atoms. The summed E-state index contributed by atoms with van der Waals surface area (Å²) >= 11 is 0. The molecule has 0 spiro atoms. The number of hydrogen-bond acceptors (Lipinski definition) is 3. The van der Waals surface area contributed by atoms with Crippen molar-refractivity contribution in [1.82, 2.24) is 15.0 Å². The van der Waals surface area contributed by atoms with Gasteiger partial charge in [-0.25, -0.2) is 9.07 Å². The second kappa shape index (κ2) is 6.07. The van der Waals surface area contributed by atoms with Crippen LogP contribution >= 0.6 is 0 Å². The molecule has 0 saturated heterocycles. The van der Waals surface area contributed by atoms with Crippen LogP contribution in [0, 0.1) is 12.7 Å². The Bertz CT molecular complexity index is 798. The van der Waals surface area contributed by atoms with Crippen molar-refractivity contribution in [2.75, 3.05) is 0 Å². The highest BCUT2D eigenvalue weighted by Crippen LogP contribution is 2.26. The second-order valence-corrected chi connectivity index (χ2v) is 5.15. The lowest BCUT2D eigenvalue weighted by Crippen LogP contribution is -2.05. The van der Waals surface area contributed by atoms with Crippen molar-refractivity contribution in [3.63, 3.8) is 0 Å². The molecule has 5 heteroatoms. The molecule has 0 aliphatic heterocycles. The maximum Gasteiger partial charge on any atom is 0.123 e. The maximum absolute atomic E-state index is 13.3. The van der Waals surface area contributed by atoms with Gasteiger partial charge < -0.3 is 5.11 Å². The van der Waals surface area contributed by atoms with Crippen LogP contribution in [0.1, 0.15) is 16.8 Å². The summed E-state index contributed by atoms with van der Waals surface area (Å²) < 4.78 is 15.0. The van der Waals surface area contributed by atoms with Gasteiger partial charge in [0.25, 0.3) is 0 Å². The van der Waals surface area contributed by atoms with Crippen LogP contribution in [0.2, 0.25) is 0 Å². The standard InChI is InChI=1S/C17H16FN3O/c1-12-5-2-3-8-15(12)17-16(11-22)19-20-21(17)10-13-6-4-7-14(18)9-13/h2-9,22H,10-11H2,1H3. The first-order valence-corrected chi connectivity index (χ1v) is 7.02. The molecule has 1 aromatic heterocycles. The van der Waals surface area contributed by atoms with E-state index in [0.717, 1.165) is 22.4 Å². The Labute approximate surface area is 127 Å². The second-order valence-electron chi connectivity index (χ2n) is 5.15. The zero-order valence-electron chi connectivity index (χ0n) is 12.2. The first-order chi connectivity index (χ1) is 10.7. The van der Waals surface area contributed by atoms with Crippen LogP contribution in [0.15, 0.2) is 48.5 Å². The average molecular weight is 297 g/mol. The van der Waals surface area contributed by atoms with E-state index < -0.39 is 0 Å². The van der Waals surface area contributed by atoms with Crippen LogP contribution in [0.25, 0.3) is 11.3 Å². The molecular formula is C17H16FN3O. The molecule has 1 heterocycles. The number of hydrogen-bond donors (Lipinski definition) is 1. The van der Waals surface area contributed by atoms with Crippen molar-refractivity contribution < 1.29 is 9.50 Å². The Hall–Kier alpha value is -2.53. The zero-order valence-corrected chi connectivity index (χ0v) is 12.2. The third kappa shape index (κ3) is 2.76. The summed E-state index contributed by atoms with van der Waals surface area (Å²) in [6.07, 6.45) is 0. The fraction of sp³-hybridized carbons (Fsp3) is 0.176. The van der Waals surface area contributed by atoms with Gasteiger partial charge in [0.05, 0.1) is 18.8 Å². The zero-order chi connectivity index (χ0) is 15.5. The van der Waals surface area contributed by atoms with Gasteiger partial charge in [0.2, 0.25) is 0 Å². The minimum absolute atomic E-state index is 0.188. The highest BCUT2D eigenvalue weighted by molar-refractivity contribution is 5.65. The van der Waals surface area contributed by atoms with Crippen molar-refractivity contribution in [1.29, 1.82) is 0 Å². The molecule has 2 aromatic carbocycles. The number of aliphatic hydroxyl groups is 1. The van der Waals surface area contributed by atoms with Gasteiger partial charge in [-0.05, 0) is 30.2 Å². The highest BCUT2D eigenvalue weighted by Gasteiger charge is 2.16. The molecule has 3 rings (SSSR count). The molecule has 0 aliphatic carbocycles. The minimum atomic E-state index is -0.280. The van der Waals surface area contributed by atoms with E-state index in [9.17, 15) is 9.50 Å². The lowest BCUT2D eigenvalue weighted by Gasteiger charge is -2.10. The first-order valence-electron chi connectivity index (χ1n) is 7.02. The summed E-state index contributed by atoms with van der Waals surface area (Å²) in [6, 6.07) is 14.2. The first kappa shape index (κ1) is 14.4. The smallest absolute Gasteiger partial charge is 0.123 e. The average Bonchev–Trinajstić information content (AvgIpc) is 2.90. The largest absolute Gasteiger partial charge is 0.390 e. The highest BCUT2D eigenvalue weighted by atomic mass is 19.1. The summed E-state index contributed by atoms with van der Waals surface area (Å²) in [6.45, 7) is 2.21. The van der Waals surface area contributed by atoms with Crippen molar-refractivity contribution in [2.45, 2.75) is 20.1 Å². The fourth-order valence-corrected chi connectivity index (χ4v) is 2.51. The molecule has 0 unspecified atom stereocenters. The number of nitrogens with zero attached hydrogens (tertiary/aromatic N) is 3. The predicted molar refractivity (Wildman–Crippen MR) is 81.6 cm³/mol. The van der Waals surface area contributed by atoms with Gasteiger partial charge >= 0.3 is 0 Å². The monoisotopic (exact) mass is 297 g/mol. The summed E-state index contributed by atoms with van der Waals surface area (Å²) in [5, 5.41) is 17.7. The predicted octanol–water partition coefficient (Wildman–Crippen LogP) is 2.93. The minimum Gasteiger partial charge on any atom is -0.390 e. The quantitative estimate of drug-likeness (QED) is 0.805. The van der Waals surface area contributed by atoms with Crippen LogP contribution in [0.3, 0.4) is 0 Å². The van der Waals surface area contributed by atoms with E-state index in [4.69, 9.17) is 0 Å². The maximum atomic E-state index is 13.3. The van der Waals surface area contributed by atoms with Crippen LogP contribution in [0.5, 0.6) is 0 Å². The molecule has 0 fully saturated rings. The van der Waals surface area contributed by atoms with E-state index >= 15 is 0 Å². The molecular weight excluding hydrogens is 281 g/mol. The third-order valence-electron chi connectivity index (χ3n) is 3.58. The lowest BCUT2D eigenvalue weighted by molar-refractivity contribution is 0.277. The van der Waals surface area contributed by atoms with Gasteiger partial charge in [0.15, 0.2) is 0 Å². The Morgan fingerprint density at radius 3 is 2.68 bits per heavy atom. The Morgan fingerprint density at radius 2 is 1.95 bits per heavy atom. The number of aryl methyl sites for hydroxylation is 1. The van der Waals surface area contributed by atoms with Gasteiger partial charge in [-0.15, -0.1) is 5.10 Å². The molecule has 1 N–H and O–H groups in total. The van der Waals surface area contributed by atoms with Gasteiger partial charge in [0.1, 0.15) is 11.5 Å². The van der Waals surface area contributed by atoms with E-state index in [1.54, 1.807) is 10.7 Å². The molecule has 112 valence electrons. The fourth-order valence-electron chi connectivity index (χ4n) is 2.51. The number of rotatable bonds is 4. The third-order valence-corrected chi connectivity index (χ3v) is 3.58. The Morgan fingerprint density at radius 1 is 1.14 bits per heavy atom. The summed E-state index contributed by atoms with van der Waals surface area (Å²) in [7, 11) is 0. The van der Waals surface area contributed by atoms with Crippen molar-refractivity contribution in [3.05, 3.63) is 71.2 Å². The normalized spacial score (nSPS) is 10.9. The molecule has 3 aromatic rings. The van der Waals surface area contributed by atoms with Gasteiger partial charge in [-0.2, -0.15) is 0 Å². The summed E-state index contributed by atoms with van der Waals surface area (Å²) in [5.41, 5.74) is 4.12. The number of aliphatic hydroxyl groups excluding tert-OH is 1. The van der Waals surface area contributed by atoms with E-state index in [2.05, 4.69) is 10.3 Å². The Balaban J connectivity index is 2.06. The van der Waals surface area contributed by atoms with Crippen molar-refractivity contribution >= 4 is 0 Å². The molecule has 0 bridgehead atoms. The number of aromatic nitrogens is 3.